The number of allylic oxidation sites excluding steroid dienone is 1. The number of nitrogens with one attached hydrogen (secondary N) is 1. The molecule has 0 unspecified atom stereocenters. The van der Waals surface area contributed by atoms with Gasteiger partial charge in [0.05, 0.1) is 0 Å². The van der Waals surface area contributed by atoms with Gasteiger partial charge in [-0.1, -0.05) is 26.8 Å². The molecule has 17 heavy (non-hydrogen) atoms. The summed E-state index contributed by atoms with van der Waals surface area (Å²) in [4.78, 5) is 6.46. The maximum Gasteiger partial charge on any atom is 0.193 e. The molecule has 0 saturated heterocycles. The van der Waals surface area contributed by atoms with Crippen molar-refractivity contribution in [2.45, 2.75) is 40.0 Å². The van der Waals surface area contributed by atoms with E-state index < -0.39 is 0 Å². The van der Waals surface area contributed by atoms with Crippen LogP contribution >= 0.6 is 0 Å². The second-order valence-corrected chi connectivity index (χ2v) is 5.64. The lowest BCUT2D eigenvalue weighted by Crippen LogP contribution is -2.40. The van der Waals surface area contributed by atoms with Crippen LogP contribution in [-0.4, -0.2) is 38.0 Å². The lowest BCUT2D eigenvalue weighted by molar-refractivity contribution is 0.372. The smallest absolute Gasteiger partial charge is 0.193 e. The molecule has 0 heterocycles. The van der Waals surface area contributed by atoms with Crippen molar-refractivity contribution in [3.05, 3.63) is 12.7 Å². The molecule has 0 aromatic heterocycles. The van der Waals surface area contributed by atoms with Gasteiger partial charge >= 0.3 is 0 Å². The van der Waals surface area contributed by atoms with Crippen molar-refractivity contribution in [2.75, 3.05) is 27.2 Å². The van der Waals surface area contributed by atoms with E-state index in [1.807, 2.05) is 13.1 Å². The average molecular weight is 239 g/mol. The highest BCUT2D eigenvalue weighted by Gasteiger charge is 2.10. The van der Waals surface area contributed by atoms with Gasteiger partial charge in [0.2, 0.25) is 0 Å². The SMILES string of the molecule is C=CCCCN(C)C(=NC)NCCC(C)(C)C. The Morgan fingerprint density at radius 1 is 1.41 bits per heavy atom. The second kappa shape index (κ2) is 8.15. The van der Waals surface area contributed by atoms with E-state index >= 15 is 0 Å². The largest absolute Gasteiger partial charge is 0.356 e. The highest BCUT2D eigenvalue weighted by Crippen LogP contribution is 2.16. The molecule has 0 aromatic carbocycles. The van der Waals surface area contributed by atoms with Gasteiger partial charge in [-0.05, 0) is 24.7 Å². The molecule has 0 rings (SSSR count). The summed E-state index contributed by atoms with van der Waals surface area (Å²) in [5.74, 6) is 0.985. The number of hydrogen-bond acceptors (Lipinski definition) is 1. The molecule has 0 spiro atoms. The summed E-state index contributed by atoms with van der Waals surface area (Å²) in [6.07, 6.45) is 5.29. The van der Waals surface area contributed by atoms with E-state index in [1.165, 1.54) is 0 Å². The van der Waals surface area contributed by atoms with E-state index in [1.54, 1.807) is 0 Å². The second-order valence-electron chi connectivity index (χ2n) is 5.64. The summed E-state index contributed by atoms with van der Waals surface area (Å²) < 4.78 is 0. The van der Waals surface area contributed by atoms with Gasteiger partial charge in [-0.2, -0.15) is 0 Å². The Kier molecular flexibility index (Phi) is 7.68. The van der Waals surface area contributed by atoms with Gasteiger partial charge in [0.1, 0.15) is 0 Å². The quantitative estimate of drug-likeness (QED) is 0.334. The molecule has 0 amide bonds. The van der Waals surface area contributed by atoms with Crippen LogP contribution in [0.3, 0.4) is 0 Å². The van der Waals surface area contributed by atoms with Crippen molar-refractivity contribution in [1.29, 1.82) is 0 Å². The summed E-state index contributed by atoms with van der Waals surface area (Å²) in [5.41, 5.74) is 0.368. The van der Waals surface area contributed by atoms with Crippen molar-refractivity contribution < 1.29 is 0 Å². The summed E-state index contributed by atoms with van der Waals surface area (Å²) in [6.45, 7) is 12.5. The minimum absolute atomic E-state index is 0.368. The molecule has 0 radical (unpaired) electrons. The van der Waals surface area contributed by atoms with Crippen molar-refractivity contribution in [2.24, 2.45) is 10.4 Å². The molecule has 100 valence electrons. The van der Waals surface area contributed by atoms with E-state index in [0.29, 0.717) is 5.41 Å². The molecule has 1 N–H and O–H groups in total. The maximum absolute atomic E-state index is 4.29. The first kappa shape index (κ1) is 16.0. The molecular weight excluding hydrogens is 210 g/mol. The van der Waals surface area contributed by atoms with Gasteiger partial charge in [-0.15, -0.1) is 6.58 Å². The lowest BCUT2D eigenvalue weighted by atomic mass is 9.92. The van der Waals surface area contributed by atoms with E-state index in [-0.39, 0.29) is 0 Å². The fraction of sp³-hybridized carbons (Fsp3) is 0.786. The van der Waals surface area contributed by atoms with Crippen LogP contribution in [0.15, 0.2) is 17.6 Å². The van der Waals surface area contributed by atoms with Crippen LogP contribution in [0.5, 0.6) is 0 Å². The fourth-order valence-electron chi connectivity index (χ4n) is 1.51. The first-order valence-corrected chi connectivity index (χ1v) is 6.43. The zero-order valence-electron chi connectivity index (χ0n) is 12.2. The third-order valence-corrected chi connectivity index (χ3v) is 2.63. The predicted molar refractivity (Wildman–Crippen MR) is 77.5 cm³/mol. The Morgan fingerprint density at radius 3 is 2.53 bits per heavy atom. The van der Waals surface area contributed by atoms with Crippen LogP contribution < -0.4 is 5.32 Å². The number of hydrogen-bond donors (Lipinski definition) is 1. The van der Waals surface area contributed by atoms with Gasteiger partial charge in [0.15, 0.2) is 5.96 Å². The van der Waals surface area contributed by atoms with Gasteiger partial charge in [0, 0.05) is 27.2 Å². The normalized spacial score (nSPS) is 12.4. The Morgan fingerprint density at radius 2 is 2.06 bits per heavy atom. The van der Waals surface area contributed by atoms with Gasteiger partial charge in [-0.3, -0.25) is 4.99 Å². The molecule has 0 aliphatic rings. The summed E-state index contributed by atoms with van der Waals surface area (Å²) in [5, 5.41) is 3.40. The molecule has 0 bridgehead atoms. The number of rotatable bonds is 6. The zero-order valence-corrected chi connectivity index (χ0v) is 12.2. The number of guanidine groups is 1. The van der Waals surface area contributed by atoms with Crippen LogP contribution in [0.25, 0.3) is 0 Å². The van der Waals surface area contributed by atoms with E-state index in [4.69, 9.17) is 0 Å². The Balaban J connectivity index is 3.94. The summed E-state index contributed by atoms with van der Waals surface area (Å²) >= 11 is 0. The number of unbranched alkanes of at least 4 members (excludes halogenated alkanes) is 1. The van der Waals surface area contributed by atoms with Crippen molar-refractivity contribution in [3.8, 4) is 0 Å². The standard InChI is InChI=1S/C14H29N3/c1-7-8-9-12-17(6)13(15-5)16-11-10-14(2,3)4/h7H,1,8-12H2,2-6H3,(H,15,16). The molecule has 0 saturated carbocycles. The van der Waals surface area contributed by atoms with Gasteiger partial charge < -0.3 is 10.2 Å². The molecule has 3 heteroatoms. The lowest BCUT2D eigenvalue weighted by Gasteiger charge is -2.24. The number of nitrogens with zero attached hydrogens (tertiary/aromatic N) is 2. The van der Waals surface area contributed by atoms with E-state index in [0.717, 1.165) is 38.3 Å². The maximum atomic E-state index is 4.29. The van der Waals surface area contributed by atoms with Crippen molar-refractivity contribution in [3.63, 3.8) is 0 Å². The van der Waals surface area contributed by atoms with Crippen LogP contribution in [0.1, 0.15) is 40.0 Å². The molecule has 0 aliphatic carbocycles. The minimum Gasteiger partial charge on any atom is -0.356 e. The molecule has 3 nitrogen and oxygen atoms in total. The molecule has 0 aliphatic heterocycles. The average Bonchev–Trinajstić information content (AvgIpc) is 2.23. The summed E-state index contributed by atoms with van der Waals surface area (Å²) in [6, 6.07) is 0. The monoisotopic (exact) mass is 239 g/mol. The minimum atomic E-state index is 0.368. The van der Waals surface area contributed by atoms with Crippen molar-refractivity contribution in [1.82, 2.24) is 10.2 Å². The Bertz CT molecular complexity index is 238. The highest BCUT2D eigenvalue weighted by atomic mass is 15.3. The zero-order chi connectivity index (χ0) is 13.3. The Labute approximate surface area is 107 Å². The fourth-order valence-corrected chi connectivity index (χ4v) is 1.51. The van der Waals surface area contributed by atoms with Crippen LogP contribution in [0.4, 0.5) is 0 Å². The van der Waals surface area contributed by atoms with Gasteiger partial charge in [0.25, 0.3) is 0 Å². The molecular formula is C14H29N3. The third kappa shape index (κ3) is 8.78. The van der Waals surface area contributed by atoms with Crippen LogP contribution in [0.2, 0.25) is 0 Å². The van der Waals surface area contributed by atoms with E-state index in [9.17, 15) is 0 Å². The first-order chi connectivity index (χ1) is 7.90. The number of aliphatic imine (C=N–C) groups is 1. The first-order valence-electron chi connectivity index (χ1n) is 6.43. The Hall–Kier alpha value is -0.990. The molecule has 0 atom stereocenters. The highest BCUT2D eigenvalue weighted by molar-refractivity contribution is 5.79. The van der Waals surface area contributed by atoms with Gasteiger partial charge in [-0.25, -0.2) is 0 Å². The third-order valence-electron chi connectivity index (χ3n) is 2.63. The molecule has 0 aromatic rings. The van der Waals surface area contributed by atoms with Crippen LogP contribution in [0, 0.1) is 5.41 Å². The summed E-state index contributed by atoms with van der Waals surface area (Å²) in [7, 11) is 3.92. The predicted octanol–water partition coefficient (Wildman–Crippen LogP) is 2.90. The van der Waals surface area contributed by atoms with Crippen LogP contribution in [-0.2, 0) is 0 Å². The molecule has 0 fully saturated rings. The topological polar surface area (TPSA) is 27.6 Å². The van der Waals surface area contributed by atoms with Crippen molar-refractivity contribution >= 4 is 5.96 Å². The van der Waals surface area contributed by atoms with E-state index in [2.05, 4.69) is 49.6 Å².